The molecule has 0 saturated carbocycles. The van der Waals surface area contributed by atoms with E-state index in [4.69, 9.17) is 0 Å². The number of rotatable bonds is 4. The second-order valence-corrected chi connectivity index (χ2v) is 25.0. The maximum atomic E-state index is 2.66. The summed E-state index contributed by atoms with van der Waals surface area (Å²) in [6.45, 7) is 0. The van der Waals surface area contributed by atoms with E-state index in [1.54, 1.807) is 0 Å². The van der Waals surface area contributed by atoms with E-state index in [2.05, 4.69) is 334 Å². The maximum Gasteiger partial charge on any atom is 0.0721 e. The zero-order valence-corrected chi connectivity index (χ0v) is 48.8. The van der Waals surface area contributed by atoms with Gasteiger partial charge in [-0.15, -0.1) is 0 Å². The first-order chi connectivity index (χ1) is 44.7. The molecule has 90 heavy (non-hydrogen) atoms. The molecule has 4 heteroatoms. The smallest absolute Gasteiger partial charge is 0.0721 e. The van der Waals surface area contributed by atoms with Crippen LogP contribution in [0.3, 0.4) is 0 Å². The van der Waals surface area contributed by atoms with Crippen LogP contribution in [0, 0.1) is 0 Å². The molecule has 0 radical (unpaired) electrons. The molecule has 4 aromatic heterocycles. The van der Waals surface area contributed by atoms with Gasteiger partial charge >= 0.3 is 0 Å². The molecule has 0 unspecified atom stereocenters. The van der Waals surface area contributed by atoms with Crippen molar-refractivity contribution in [2.24, 2.45) is 0 Å². The van der Waals surface area contributed by atoms with E-state index in [0.717, 1.165) is 22.7 Å². The van der Waals surface area contributed by atoms with Gasteiger partial charge in [-0.3, -0.25) is 0 Å². The van der Waals surface area contributed by atoms with Crippen LogP contribution in [-0.4, -0.2) is 18.3 Å². The average Bonchev–Trinajstić information content (AvgIpc) is 1.39. The van der Waals surface area contributed by atoms with Gasteiger partial charge in [0, 0.05) is 65.8 Å². The Kier molecular flexibility index (Phi) is 9.41. The third-order valence-electron chi connectivity index (χ3n) is 21.0. The second kappa shape index (κ2) is 17.5. The summed E-state index contributed by atoms with van der Waals surface area (Å²) in [6.07, 6.45) is 0. The Morgan fingerprint density at radius 3 is 0.767 bits per heavy atom. The molecule has 3 aliphatic rings. The van der Waals surface area contributed by atoms with E-state index in [0.29, 0.717) is 0 Å². The van der Waals surface area contributed by atoms with E-state index in [-0.39, 0.29) is 0 Å². The summed E-state index contributed by atoms with van der Waals surface area (Å²) in [5.41, 5.74) is 28.0. The fraction of sp³-hybridized carbons (Fsp3) is 0.0233. The number of aromatic nitrogens is 4. The fourth-order valence-electron chi connectivity index (χ4n) is 17.7. The van der Waals surface area contributed by atoms with Crippen LogP contribution in [0.2, 0.25) is 0 Å². The molecule has 416 valence electrons. The van der Waals surface area contributed by atoms with Crippen molar-refractivity contribution in [3.63, 3.8) is 0 Å². The molecule has 2 spiro atoms. The number of nitrogens with zero attached hydrogens (tertiary/aromatic N) is 4. The van der Waals surface area contributed by atoms with Crippen molar-refractivity contribution in [1.82, 2.24) is 18.3 Å². The largest absolute Gasteiger partial charge is 0.309 e. The highest BCUT2D eigenvalue weighted by atomic mass is 15.0. The van der Waals surface area contributed by atoms with E-state index < -0.39 is 10.8 Å². The lowest BCUT2D eigenvalue weighted by molar-refractivity contribution is 0.635. The van der Waals surface area contributed by atoms with Crippen molar-refractivity contribution in [2.75, 3.05) is 0 Å². The van der Waals surface area contributed by atoms with Crippen LogP contribution in [0.1, 0.15) is 44.5 Å². The molecule has 0 saturated heterocycles. The van der Waals surface area contributed by atoms with Gasteiger partial charge < -0.3 is 18.3 Å². The molecule has 14 aromatic carbocycles. The Hall–Kier alpha value is -11.7. The first kappa shape index (κ1) is 48.4. The van der Waals surface area contributed by atoms with Gasteiger partial charge in [-0.25, -0.2) is 0 Å². The van der Waals surface area contributed by atoms with Crippen molar-refractivity contribution in [2.45, 2.75) is 10.8 Å². The molecule has 0 N–H and O–H groups in total. The third-order valence-corrected chi connectivity index (χ3v) is 21.0. The number of hydrogen-bond donors (Lipinski definition) is 0. The lowest BCUT2D eigenvalue weighted by atomic mass is 9.52. The number of fused-ring (bicyclic) bond motifs is 28. The molecule has 4 nitrogen and oxygen atoms in total. The van der Waals surface area contributed by atoms with Crippen molar-refractivity contribution in [1.29, 1.82) is 0 Å². The highest BCUT2D eigenvalue weighted by Gasteiger charge is 2.59. The summed E-state index contributed by atoms with van der Waals surface area (Å²) in [4.78, 5) is 0. The van der Waals surface area contributed by atoms with Crippen molar-refractivity contribution < 1.29 is 0 Å². The summed E-state index contributed by atoms with van der Waals surface area (Å²) in [6, 6.07) is 120. The van der Waals surface area contributed by atoms with Crippen LogP contribution < -0.4 is 0 Å². The second-order valence-electron chi connectivity index (χ2n) is 25.0. The molecule has 0 amide bonds. The van der Waals surface area contributed by atoms with Gasteiger partial charge in [0.05, 0.1) is 55.0 Å². The van der Waals surface area contributed by atoms with Crippen molar-refractivity contribution >= 4 is 87.2 Å². The van der Waals surface area contributed by atoms with Crippen LogP contribution in [0.25, 0.3) is 132 Å². The highest BCUT2D eigenvalue weighted by molar-refractivity contribution is 6.16. The molecular weight excluding hydrogens is 1090 g/mol. The van der Waals surface area contributed by atoms with Crippen LogP contribution in [0.5, 0.6) is 0 Å². The van der Waals surface area contributed by atoms with Crippen LogP contribution >= 0.6 is 0 Å². The quantitative estimate of drug-likeness (QED) is 0.167. The molecule has 4 heterocycles. The van der Waals surface area contributed by atoms with Gasteiger partial charge in [0.2, 0.25) is 0 Å². The summed E-state index contributed by atoms with van der Waals surface area (Å²) in [7, 11) is 0. The standard InChI is InChI=1S/C86H52N4/c1-3-23-53(24-4-1)87-77-39-19-11-31-61(77)65-45-43-55(47-81(65)87)89-79-41-21-13-33-63(79)67-49-73-75(51-83(67)89)85(69-35-15-7-27-57(69)58-28-8-16-36-70(58)85)74-50-68-64-34-14-22-42-80(64)90(84(68)52-76(74)86(73)71-37-17-9-29-59(71)60-30-10-18-38-72(60)86)56-44-46-66-62-32-12-20-40-78(62)88(82(66)48-56)54-25-5-2-6-26-54/h1-52H. The molecule has 3 aliphatic carbocycles. The van der Waals surface area contributed by atoms with Crippen LogP contribution in [0.4, 0.5) is 0 Å². The Labute approximate surface area is 518 Å². The van der Waals surface area contributed by atoms with Gasteiger partial charge in [-0.2, -0.15) is 0 Å². The lowest BCUT2D eigenvalue weighted by Crippen LogP contribution is -2.44. The zero-order valence-electron chi connectivity index (χ0n) is 48.8. The Balaban J connectivity index is 0.933. The Morgan fingerprint density at radius 2 is 0.411 bits per heavy atom. The first-order valence-electron chi connectivity index (χ1n) is 31.4. The van der Waals surface area contributed by atoms with Crippen molar-refractivity contribution in [3.05, 3.63) is 360 Å². The predicted octanol–water partition coefficient (Wildman–Crippen LogP) is 21.1. The van der Waals surface area contributed by atoms with Gasteiger partial charge in [-0.1, -0.05) is 218 Å². The van der Waals surface area contributed by atoms with E-state index in [1.807, 2.05) is 0 Å². The van der Waals surface area contributed by atoms with Crippen molar-refractivity contribution in [3.8, 4) is 45.0 Å². The van der Waals surface area contributed by atoms with Gasteiger partial charge in [0.1, 0.15) is 0 Å². The van der Waals surface area contributed by atoms with Gasteiger partial charge in [-0.05, 0) is 164 Å². The molecule has 0 fully saturated rings. The zero-order chi connectivity index (χ0) is 58.6. The summed E-state index contributed by atoms with van der Waals surface area (Å²) in [5.74, 6) is 0. The normalized spacial score (nSPS) is 14.0. The molecule has 0 atom stereocenters. The fourth-order valence-corrected chi connectivity index (χ4v) is 17.7. The van der Waals surface area contributed by atoms with E-state index in [1.165, 1.54) is 154 Å². The Morgan fingerprint density at radius 1 is 0.156 bits per heavy atom. The van der Waals surface area contributed by atoms with E-state index in [9.17, 15) is 0 Å². The molecule has 0 aliphatic heterocycles. The lowest BCUT2D eigenvalue weighted by Gasteiger charge is -2.49. The molecule has 0 bridgehead atoms. The third kappa shape index (κ3) is 5.92. The maximum absolute atomic E-state index is 2.66. The van der Waals surface area contributed by atoms with Gasteiger partial charge in [0.25, 0.3) is 0 Å². The van der Waals surface area contributed by atoms with Crippen LogP contribution in [0.15, 0.2) is 315 Å². The topological polar surface area (TPSA) is 19.7 Å². The SMILES string of the molecule is c1ccc(-n2c3ccccc3c3ccc(-n4c5ccccc5c5cc6c(cc54)C4(c5ccccc5-c5ccccc54)c4cc5c7ccccc7n(-c7ccc8c9ccccc9n(-c9ccccc9)c8c7)c5cc4C64c5ccccc5-c5ccccc54)cc32)cc1. The number of hydrogen-bond acceptors (Lipinski definition) is 0. The monoisotopic (exact) mass is 1140 g/mol. The molecule has 18 aromatic rings. The minimum absolute atomic E-state index is 0.762. The highest BCUT2D eigenvalue weighted by Crippen LogP contribution is 2.69. The molecular formula is C86H52N4. The molecule has 21 rings (SSSR count). The Bertz CT molecular complexity index is 5700. The predicted molar refractivity (Wildman–Crippen MR) is 372 cm³/mol. The summed E-state index contributed by atoms with van der Waals surface area (Å²) >= 11 is 0. The number of benzene rings is 14. The van der Waals surface area contributed by atoms with Gasteiger partial charge in [0.15, 0.2) is 0 Å². The minimum Gasteiger partial charge on any atom is -0.309 e. The summed E-state index contributed by atoms with van der Waals surface area (Å²) < 4.78 is 10.0. The van der Waals surface area contributed by atoms with Crippen LogP contribution in [-0.2, 0) is 10.8 Å². The van der Waals surface area contributed by atoms with E-state index >= 15 is 0 Å². The average molecular weight is 1140 g/mol. The summed E-state index contributed by atoms with van der Waals surface area (Å²) in [5, 5.41) is 9.84. The minimum atomic E-state index is -0.762. The first-order valence-corrected chi connectivity index (χ1v) is 31.4. The number of para-hydroxylation sites is 6.